The Morgan fingerprint density at radius 3 is 2.24 bits per heavy atom. The molecule has 1 aliphatic heterocycles. The molecule has 158 valence electrons. The fourth-order valence-corrected chi connectivity index (χ4v) is 3.33. The second kappa shape index (κ2) is 7.41. The highest BCUT2D eigenvalue weighted by atomic mass is 16.6. The van der Waals surface area contributed by atoms with Gasteiger partial charge in [0.15, 0.2) is 11.2 Å². The number of hydrogen-bond acceptors (Lipinski definition) is 6. The van der Waals surface area contributed by atoms with Gasteiger partial charge < -0.3 is 14.5 Å². The summed E-state index contributed by atoms with van der Waals surface area (Å²) in [7, 11) is 3.05. The van der Waals surface area contributed by atoms with Crippen molar-refractivity contribution in [2.75, 3.05) is 31.1 Å². The standard InChI is InChI=1S/C19H28N6O4/c1-7-8-25-13-14(21(5)17(27)22(6)15(13)26)20-16(25)23-9-11-24(12-10-23)18(28)29-19(2,3)4/h7-8H,9-12H2,1-6H3. The Bertz CT molecular complexity index is 1080. The Morgan fingerprint density at radius 1 is 1.07 bits per heavy atom. The van der Waals surface area contributed by atoms with Crippen LogP contribution in [0.5, 0.6) is 0 Å². The van der Waals surface area contributed by atoms with Gasteiger partial charge in [0.25, 0.3) is 5.56 Å². The van der Waals surface area contributed by atoms with Gasteiger partial charge in [-0.25, -0.2) is 9.59 Å². The maximum absolute atomic E-state index is 12.7. The van der Waals surface area contributed by atoms with Crippen LogP contribution in [0.2, 0.25) is 0 Å². The van der Waals surface area contributed by atoms with E-state index in [0.29, 0.717) is 43.3 Å². The van der Waals surface area contributed by atoms with Gasteiger partial charge in [-0.3, -0.25) is 18.5 Å². The summed E-state index contributed by atoms with van der Waals surface area (Å²) in [6.07, 6.45) is 3.23. The highest BCUT2D eigenvalue weighted by Gasteiger charge is 2.29. The van der Waals surface area contributed by atoms with E-state index in [9.17, 15) is 14.4 Å². The average Bonchev–Trinajstić information content (AvgIpc) is 3.03. The molecule has 0 radical (unpaired) electrons. The van der Waals surface area contributed by atoms with E-state index in [1.165, 1.54) is 11.6 Å². The molecule has 1 amide bonds. The molecule has 1 saturated heterocycles. The summed E-state index contributed by atoms with van der Waals surface area (Å²) >= 11 is 0. The van der Waals surface area contributed by atoms with Crippen molar-refractivity contribution >= 4 is 29.4 Å². The van der Waals surface area contributed by atoms with Gasteiger partial charge in [-0.05, 0) is 27.7 Å². The molecule has 2 aromatic heterocycles. The number of rotatable bonds is 2. The number of hydrogen-bond donors (Lipinski definition) is 0. The Morgan fingerprint density at radius 2 is 1.69 bits per heavy atom. The van der Waals surface area contributed by atoms with Crippen molar-refractivity contribution in [1.82, 2.24) is 23.6 Å². The molecule has 0 N–H and O–H groups in total. The number of anilines is 1. The van der Waals surface area contributed by atoms with E-state index in [2.05, 4.69) is 4.98 Å². The Balaban J connectivity index is 1.95. The smallest absolute Gasteiger partial charge is 0.410 e. The predicted molar refractivity (Wildman–Crippen MR) is 111 cm³/mol. The van der Waals surface area contributed by atoms with E-state index < -0.39 is 16.9 Å². The largest absolute Gasteiger partial charge is 0.444 e. The average molecular weight is 404 g/mol. The summed E-state index contributed by atoms with van der Waals surface area (Å²) in [5.41, 5.74) is -0.682. The highest BCUT2D eigenvalue weighted by molar-refractivity contribution is 5.78. The maximum Gasteiger partial charge on any atom is 0.410 e. The molecule has 1 fully saturated rings. The molecule has 0 unspecified atom stereocenters. The molecule has 0 bridgehead atoms. The zero-order valence-electron chi connectivity index (χ0n) is 17.8. The van der Waals surface area contributed by atoms with E-state index in [1.807, 2.05) is 38.7 Å². The van der Waals surface area contributed by atoms with Crippen LogP contribution in [0.15, 0.2) is 15.7 Å². The monoisotopic (exact) mass is 404 g/mol. The first-order valence-electron chi connectivity index (χ1n) is 9.58. The van der Waals surface area contributed by atoms with Crippen molar-refractivity contribution in [3.63, 3.8) is 0 Å². The number of amides is 1. The number of allylic oxidation sites excluding steroid dienone is 1. The van der Waals surface area contributed by atoms with E-state index in [4.69, 9.17) is 4.74 Å². The van der Waals surface area contributed by atoms with Crippen molar-refractivity contribution in [3.8, 4) is 0 Å². The third kappa shape index (κ3) is 3.79. The molecule has 2 aromatic rings. The number of carbonyl (C=O) groups is 1. The van der Waals surface area contributed by atoms with Gasteiger partial charge in [0, 0.05) is 46.5 Å². The van der Waals surface area contributed by atoms with Gasteiger partial charge in [0.2, 0.25) is 5.95 Å². The number of nitrogens with zero attached hydrogens (tertiary/aromatic N) is 6. The fourth-order valence-electron chi connectivity index (χ4n) is 3.33. The van der Waals surface area contributed by atoms with Gasteiger partial charge in [-0.1, -0.05) is 6.08 Å². The summed E-state index contributed by atoms with van der Waals surface area (Å²) < 4.78 is 9.60. The second-order valence-corrected chi connectivity index (χ2v) is 8.10. The third-order valence-corrected chi connectivity index (χ3v) is 4.79. The Hall–Kier alpha value is -3.04. The lowest BCUT2D eigenvalue weighted by molar-refractivity contribution is 0.0240. The maximum atomic E-state index is 12.7. The van der Waals surface area contributed by atoms with Crippen LogP contribution in [0, 0.1) is 0 Å². The minimum atomic E-state index is -0.543. The number of ether oxygens (including phenoxy) is 1. The third-order valence-electron chi connectivity index (χ3n) is 4.79. The number of carbonyl (C=O) groups excluding carboxylic acids is 1. The lowest BCUT2D eigenvalue weighted by atomic mass is 10.2. The number of imidazole rings is 1. The van der Waals surface area contributed by atoms with Crippen LogP contribution < -0.4 is 16.1 Å². The molecule has 0 atom stereocenters. The van der Waals surface area contributed by atoms with Gasteiger partial charge in [0.1, 0.15) is 5.60 Å². The zero-order chi connectivity index (χ0) is 21.5. The lowest BCUT2D eigenvalue weighted by Gasteiger charge is -2.36. The van der Waals surface area contributed by atoms with Crippen molar-refractivity contribution in [1.29, 1.82) is 0 Å². The van der Waals surface area contributed by atoms with Crippen LogP contribution in [0.4, 0.5) is 10.7 Å². The molecular formula is C19H28N6O4. The first kappa shape index (κ1) is 20.7. The molecule has 0 aliphatic carbocycles. The van der Waals surface area contributed by atoms with Crippen molar-refractivity contribution in [2.24, 2.45) is 14.1 Å². The van der Waals surface area contributed by atoms with Gasteiger partial charge >= 0.3 is 11.8 Å². The highest BCUT2D eigenvalue weighted by Crippen LogP contribution is 2.22. The van der Waals surface area contributed by atoms with Crippen molar-refractivity contribution in [2.45, 2.75) is 33.3 Å². The fraction of sp³-hybridized carbons (Fsp3) is 0.579. The number of piperazine rings is 1. The first-order chi connectivity index (χ1) is 13.5. The van der Waals surface area contributed by atoms with E-state index in [-0.39, 0.29) is 6.09 Å². The summed E-state index contributed by atoms with van der Waals surface area (Å²) in [6.45, 7) is 9.39. The molecular weight excluding hydrogens is 376 g/mol. The number of aryl methyl sites for hydroxylation is 1. The van der Waals surface area contributed by atoms with Crippen molar-refractivity contribution < 1.29 is 9.53 Å². The minimum Gasteiger partial charge on any atom is -0.444 e. The Kier molecular flexibility index (Phi) is 5.29. The number of fused-ring (bicyclic) bond motifs is 1. The summed E-state index contributed by atoms with van der Waals surface area (Å²) in [5, 5.41) is 0. The van der Waals surface area contributed by atoms with Crippen molar-refractivity contribution in [3.05, 3.63) is 26.9 Å². The number of aromatic nitrogens is 4. The normalized spacial score (nSPS) is 15.5. The first-order valence-corrected chi connectivity index (χ1v) is 9.58. The van der Waals surface area contributed by atoms with Crippen LogP contribution in [-0.4, -0.2) is 61.5 Å². The SMILES string of the molecule is CC=Cn1c(N2CCN(C(=O)OC(C)(C)C)CC2)nc2c1c(=O)n(C)c(=O)n2C. The van der Waals surface area contributed by atoms with Gasteiger partial charge in [0.05, 0.1) is 0 Å². The molecule has 0 saturated carbocycles. The molecule has 10 nitrogen and oxygen atoms in total. The van der Waals surface area contributed by atoms with Crippen LogP contribution in [0.25, 0.3) is 17.4 Å². The van der Waals surface area contributed by atoms with E-state index in [0.717, 1.165) is 4.57 Å². The van der Waals surface area contributed by atoms with Crippen LogP contribution in [0.1, 0.15) is 27.7 Å². The van der Waals surface area contributed by atoms with Crippen LogP contribution in [-0.2, 0) is 18.8 Å². The van der Waals surface area contributed by atoms with E-state index in [1.54, 1.807) is 22.7 Å². The molecule has 0 aromatic carbocycles. The molecule has 1 aliphatic rings. The summed E-state index contributed by atoms with van der Waals surface area (Å²) in [5.74, 6) is 0.570. The lowest BCUT2D eigenvalue weighted by Crippen LogP contribution is -2.50. The predicted octanol–water partition coefficient (Wildman–Crippen LogP) is 0.981. The van der Waals surface area contributed by atoms with Gasteiger partial charge in [-0.15, -0.1) is 0 Å². The summed E-state index contributed by atoms with van der Waals surface area (Å²) in [6, 6.07) is 0. The zero-order valence-corrected chi connectivity index (χ0v) is 17.8. The summed E-state index contributed by atoms with van der Waals surface area (Å²) in [4.78, 5) is 45.6. The topological polar surface area (TPSA) is 94.6 Å². The minimum absolute atomic E-state index is 0.334. The molecule has 0 spiro atoms. The second-order valence-electron chi connectivity index (χ2n) is 8.10. The Labute approximate surface area is 168 Å². The quantitative estimate of drug-likeness (QED) is 0.741. The van der Waals surface area contributed by atoms with Gasteiger partial charge in [-0.2, -0.15) is 4.98 Å². The van der Waals surface area contributed by atoms with E-state index >= 15 is 0 Å². The molecule has 3 heterocycles. The molecule has 29 heavy (non-hydrogen) atoms. The van der Waals surface area contributed by atoms with Crippen LogP contribution in [0.3, 0.4) is 0 Å². The molecule has 10 heteroatoms. The molecule has 3 rings (SSSR count). The van der Waals surface area contributed by atoms with Crippen LogP contribution >= 0.6 is 0 Å².